The van der Waals surface area contributed by atoms with Crippen LogP contribution in [0.15, 0.2) is 65.4 Å². The predicted octanol–water partition coefficient (Wildman–Crippen LogP) is 3.55. The summed E-state index contributed by atoms with van der Waals surface area (Å²) in [5.41, 5.74) is 1.14. The Labute approximate surface area is 139 Å². The number of benzene rings is 1. The maximum Gasteiger partial charge on any atom is 0.255 e. The fourth-order valence-corrected chi connectivity index (χ4v) is 2.13. The summed E-state index contributed by atoms with van der Waals surface area (Å²) in [4.78, 5) is 16.5. The zero-order chi connectivity index (χ0) is 16.8. The van der Waals surface area contributed by atoms with Crippen LogP contribution in [0.3, 0.4) is 0 Å². The molecule has 6 heteroatoms. The number of methoxy groups -OCH3 is 1. The quantitative estimate of drug-likeness (QED) is 0.725. The number of furan rings is 1. The van der Waals surface area contributed by atoms with Crippen LogP contribution in [0, 0.1) is 0 Å². The molecule has 0 saturated carbocycles. The van der Waals surface area contributed by atoms with Crippen molar-refractivity contribution in [3.8, 4) is 5.75 Å². The van der Waals surface area contributed by atoms with Crippen molar-refractivity contribution >= 4 is 17.4 Å². The van der Waals surface area contributed by atoms with Crippen LogP contribution in [0.25, 0.3) is 0 Å². The number of amides is 1. The van der Waals surface area contributed by atoms with Gasteiger partial charge in [-0.1, -0.05) is 6.07 Å². The first-order valence-electron chi connectivity index (χ1n) is 7.42. The number of hydrogen-bond acceptors (Lipinski definition) is 5. The van der Waals surface area contributed by atoms with Gasteiger partial charge in [-0.25, -0.2) is 4.98 Å². The molecule has 122 valence electrons. The molecule has 0 aliphatic heterocycles. The van der Waals surface area contributed by atoms with Crippen LogP contribution in [0.4, 0.5) is 11.5 Å². The lowest BCUT2D eigenvalue weighted by atomic mass is 10.2. The number of hydrogen-bond donors (Lipinski definition) is 2. The SMILES string of the molecule is COc1cccc(C(=O)Nc2ccc(NCc3ccco3)nc2)c1. The number of carbonyl (C=O) groups excluding carboxylic acids is 1. The van der Waals surface area contributed by atoms with E-state index >= 15 is 0 Å². The minimum absolute atomic E-state index is 0.216. The molecule has 0 spiro atoms. The smallest absolute Gasteiger partial charge is 0.255 e. The third-order valence-corrected chi connectivity index (χ3v) is 3.38. The van der Waals surface area contributed by atoms with Gasteiger partial charge in [-0.05, 0) is 42.5 Å². The number of aromatic nitrogens is 1. The number of pyridine rings is 1. The second-order valence-electron chi connectivity index (χ2n) is 5.05. The summed E-state index contributed by atoms with van der Waals surface area (Å²) in [6.45, 7) is 0.551. The van der Waals surface area contributed by atoms with Gasteiger partial charge in [-0.3, -0.25) is 4.79 Å². The van der Waals surface area contributed by atoms with Crippen molar-refractivity contribution in [2.75, 3.05) is 17.7 Å². The number of nitrogens with zero attached hydrogens (tertiary/aromatic N) is 1. The Morgan fingerprint density at radius 3 is 2.83 bits per heavy atom. The molecule has 24 heavy (non-hydrogen) atoms. The van der Waals surface area contributed by atoms with Crippen molar-refractivity contribution in [3.05, 3.63) is 72.3 Å². The summed E-state index contributed by atoms with van der Waals surface area (Å²) in [7, 11) is 1.56. The molecular weight excluding hydrogens is 306 g/mol. The zero-order valence-corrected chi connectivity index (χ0v) is 13.2. The summed E-state index contributed by atoms with van der Waals surface area (Å²) >= 11 is 0. The normalized spacial score (nSPS) is 10.2. The van der Waals surface area contributed by atoms with E-state index in [4.69, 9.17) is 9.15 Å². The van der Waals surface area contributed by atoms with E-state index in [1.165, 1.54) is 0 Å². The number of nitrogens with one attached hydrogen (secondary N) is 2. The molecule has 2 N–H and O–H groups in total. The highest BCUT2D eigenvalue weighted by atomic mass is 16.5. The van der Waals surface area contributed by atoms with E-state index in [9.17, 15) is 4.79 Å². The lowest BCUT2D eigenvalue weighted by Crippen LogP contribution is -2.12. The number of ether oxygens (including phenoxy) is 1. The zero-order valence-electron chi connectivity index (χ0n) is 13.2. The average Bonchev–Trinajstić information content (AvgIpc) is 3.15. The standard InChI is InChI=1S/C18H17N3O3/c1-23-15-5-2-4-13(10-15)18(22)21-14-7-8-17(19-11-14)20-12-16-6-3-9-24-16/h2-11H,12H2,1H3,(H,19,20)(H,21,22). The Morgan fingerprint density at radius 1 is 1.21 bits per heavy atom. The van der Waals surface area contributed by atoms with Crippen LogP contribution in [0.5, 0.6) is 5.75 Å². The van der Waals surface area contributed by atoms with Crippen LogP contribution < -0.4 is 15.4 Å². The minimum atomic E-state index is -0.216. The molecule has 0 radical (unpaired) electrons. The highest BCUT2D eigenvalue weighted by Gasteiger charge is 2.07. The first kappa shape index (κ1) is 15.6. The molecular formula is C18H17N3O3. The highest BCUT2D eigenvalue weighted by molar-refractivity contribution is 6.04. The molecule has 2 heterocycles. The lowest BCUT2D eigenvalue weighted by molar-refractivity contribution is 0.102. The second kappa shape index (κ2) is 7.32. The minimum Gasteiger partial charge on any atom is -0.497 e. The van der Waals surface area contributed by atoms with Crippen molar-refractivity contribution in [2.45, 2.75) is 6.54 Å². The molecule has 1 aromatic carbocycles. The largest absolute Gasteiger partial charge is 0.497 e. The van der Waals surface area contributed by atoms with E-state index in [-0.39, 0.29) is 5.91 Å². The Bertz CT molecular complexity index is 799. The third-order valence-electron chi connectivity index (χ3n) is 3.38. The van der Waals surface area contributed by atoms with Gasteiger partial charge in [0, 0.05) is 5.56 Å². The van der Waals surface area contributed by atoms with Gasteiger partial charge in [0.1, 0.15) is 17.3 Å². The number of rotatable bonds is 6. The molecule has 0 saturated heterocycles. The summed E-state index contributed by atoms with van der Waals surface area (Å²) in [6.07, 6.45) is 3.23. The van der Waals surface area contributed by atoms with Crippen LogP contribution in [0.2, 0.25) is 0 Å². The van der Waals surface area contributed by atoms with Crippen molar-refractivity contribution in [3.63, 3.8) is 0 Å². The molecule has 2 aromatic heterocycles. The van der Waals surface area contributed by atoms with Gasteiger partial charge < -0.3 is 19.8 Å². The number of carbonyl (C=O) groups is 1. The lowest BCUT2D eigenvalue weighted by Gasteiger charge is -2.08. The van der Waals surface area contributed by atoms with E-state index in [0.717, 1.165) is 5.76 Å². The Morgan fingerprint density at radius 2 is 2.12 bits per heavy atom. The molecule has 1 amide bonds. The Kier molecular flexibility index (Phi) is 4.76. The molecule has 0 aliphatic rings. The fraction of sp³-hybridized carbons (Fsp3) is 0.111. The van der Waals surface area contributed by atoms with E-state index < -0.39 is 0 Å². The second-order valence-corrected chi connectivity index (χ2v) is 5.05. The molecule has 0 fully saturated rings. The molecule has 6 nitrogen and oxygen atoms in total. The van der Waals surface area contributed by atoms with Gasteiger partial charge in [0.2, 0.25) is 0 Å². The molecule has 0 unspecified atom stereocenters. The van der Waals surface area contributed by atoms with Gasteiger partial charge in [0.05, 0.1) is 31.8 Å². The maximum absolute atomic E-state index is 12.2. The van der Waals surface area contributed by atoms with Crippen molar-refractivity contribution in [1.82, 2.24) is 4.98 Å². The first-order chi connectivity index (χ1) is 11.7. The molecule has 0 aliphatic carbocycles. The first-order valence-corrected chi connectivity index (χ1v) is 7.42. The van der Waals surface area contributed by atoms with Gasteiger partial charge >= 0.3 is 0 Å². The summed E-state index contributed by atoms with van der Waals surface area (Å²) in [5.74, 6) is 1.95. The van der Waals surface area contributed by atoms with E-state index in [0.29, 0.717) is 29.4 Å². The Hall–Kier alpha value is -3.28. The summed E-state index contributed by atoms with van der Waals surface area (Å²) < 4.78 is 10.4. The summed E-state index contributed by atoms with van der Waals surface area (Å²) in [5, 5.41) is 5.94. The Balaban J connectivity index is 1.60. The average molecular weight is 323 g/mol. The molecule has 0 atom stereocenters. The topological polar surface area (TPSA) is 76.4 Å². The van der Waals surface area contributed by atoms with E-state index in [2.05, 4.69) is 15.6 Å². The molecule has 3 rings (SSSR count). The van der Waals surface area contributed by atoms with Crippen LogP contribution in [-0.2, 0) is 6.54 Å². The summed E-state index contributed by atoms with van der Waals surface area (Å²) in [6, 6.07) is 14.3. The van der Waals surface area contributed by atoms with Crippen molar-refractivity contribution in [2.24, 2.45) is 0 Å². The van der Waals surface area contributed by atoms with Gasteiger partial charge in [-0.2, -0.15) is 0 Å². The van der Waals surface area contributed by atoms with E-state index in [1.54, 1.807) is 56.0 Å². The van der Waals surface area contributed by atoms with Crippen LogP contribution >= 0.6 is 0 Å². The van der Waals surface area contributed by atoms with Crippen molar-refractivity contribution in [1.29, 1.82) is 0 Å². The molecule has 3 aromatic rings. The van der Waals surface area contributed by atoms with Crippen LogP contribution in [0.1, 0.15) is 16.1 Å². The van der Waals surface area contributed by atoms with Gasteiger partial charge in [0.25, 0.3) is 5.91 Å². The highest BCUT2D eigenvalue weighted by Crippen LogP contribution is 2.16. The maximum atomic E-state index is 12.2. The van der Waals surface area contributed by atoms with E-state index in [1.807, 2.05) is 12.1 Å². The third kappa shape index (κ3) is 3.92. The predicted molar refractivity (Wildman–Crippen MR) is 91.2 cm³/mol. The van der Waals surface area contributed by atoms with Crippen LogP contribution in [-0.4, -0.2) is 18.0 Å². The van der Waals surface area contributed by atoms with Gasteiger partial charge in [0.15, 0.2) is 0 Å². The van der Waals surface area contributed by atoms with Gasteiger partial charge in [-0.15, -0.1) is 0 Å². The van der Waals surface area contributed by atoms with Crippen molar-refractivity contribution < 1.29 is 13.9 Å². The monoisotopic (exact) mass is 323 g/mol. The molecule has 0 bridgehead atoms. The number of anilines is 2. The fourth-order valence-electron chi connectivity index (χ4n) is 2.13.